The van der Waals surface area contributed by atoms with Crippen molar-refractivity contribution in [3.63, 3.8) is 0 Å². The van der Waals surface area contributed by atoms with Crippen molar-refractivity contribution in [2.24, 2.45) is 5.92 Å². The Kier molecular flexibility index (Phi) is 4.10. The molecule has 126 valence electrons. The number of carbonyl (C=O) groups excluding carboxylic acids is 1. The average Bonchev–Trinajstić information content (AvgIpc) is 2.88. The first-order valence-electron chi connectivity index (χ1n) is 8.22. The van der Waals surface area contributed by atoms with Gasteiger partial charge < -0.3 is 14.6 Å². The minimum Gasteiger partial charge on any atom is -0.471 e. The van der Waals surface area contributed by atoms with Crippen molar-refractivity contribution >= 4 is 5.97 Å². The van der Waals surface area contributed by atoms with Gasteiger partial charge in [-0.1, -0.05) is 62.4 Å². The van der Waals surface area contributed by atoms with Crippen LogP contribution in [0.3, 0.4) is 0 Å². The number of fused-ring (bicyclic) bond motifs is 1. The fraction of sp³-hybridized carbons (Fsp3) is 0.350. The standard InChI is InChI=1S/C20H22O4/c1-4-23-18(21)20(14(2)3)19(22,15-10-6-5-7-11-15)16-12-8-9-13-17(16)24-20/h5-14,22H,4H2,1-3H3. The van der Waals surface area contributed by atoms with Gasteiger partial charge in [-0.25, -0.2) is 4.79 Å². The highest BCUT2D eigenvalue weighted by atomic mass is 16.6. The molecule has 0 fully saturated rings. The highest BCUT2D eigenvalue weighted by Crippen LogP contribution is 2.54. The molecule has 1 N–H and O–H groups in total. The Hall–Kier alpha value is -2.33. The van der Waals surface area contributed by atoms with E-state index in [1.165, 1.54) is 0 Å². The van der Waals surface area contributed by atoms with Crippen LogP contribution in [-0.4, -0.2) is 23.3 Å². The summed E-state index contributed by atoms with van der Waals surface area (Å²) < 4.78 is 11.4. The van der Waals surface area contributed by atoms with E-state index in [0.29, 0.717) is 16.9 Å². The third kappa shape index (κ3) is 2.06. The normalized spacial score (nSPS) is 25.2. The Morgan fingerprint density at radius 2 is 1.75 bits per heavy atom. The third-order valence-electron chi connectivity index (χ3n) is 4.67. The second-order valence-electron chi connectivity index (χ2n) is 6.29. The van der Waals surface area contributed by atoms with E-state index in [-0.39, 0.29) is 12.5 Å². The van der Waals surface area contributed by atoms with E-state index in [9.17, 15) is 9.90 Å². The zero-order valence-electron chi connectivity index (χ0n) is 14.2. The molecule has 1 aliphatic rings. The van der Waals surface area contributed by atoms with Gasteiger partial charge in [0.2, 0.25) is 5.60 Å². The van der Waals surface area contributed by atoms with Crippen molar-refractivity contribution in [3.05, 3.63) is 65.7 Å². The zero-order valence-corrected chi connectivity index (χ0v) is 14.2. The van der Waals surface area contributed by atoms with Crippen LogP contribution in [0.4, 0.5) is 0 Å². The molecule has 0 amide bonds. The molecule has 0 aromatic heterocycles. The number of hydrogen-bond acceptors (Lipinski definition) is 4. The van der Waals surface area contributed by atoms with Crippen LogP contribution in [0.2, 0.25) is 0 Å². The lowest BCUT2D eigenvalue weighted by Gasteiger charge is -2.41. The van der Waals surface area contributed by atoms with Crippen LogP contribution in [0.1, 0.15) is 31.9 Å². The van der Waals surface area contributed by atoms with Crippen LogP contribution in [0.5, 0.6) is 5.75 Å². The number of rotatable bonds is 4. The molecule has 0 saturated heterocycles. The Bertz CT molecular complexity index is 740. The molecule has 0 saturated carbocycles. The monoisotopic (exact) mass is 326 g/mol. The summed E-state index contributed by atoms with van der Waals surface area (Å²) in [7, 11) is 0. The summed E-state index contributed by atoms with van der Waals surface area (Å²) in [6.45, 7) is 5.68. The molecular weight excluding hydrogens is 304 g/mol. The molecular formula is C20H22O4. The van der Waals surface area contributed by atoms with E-state index in [1.807, 2.05) is 56.3 Å². The number of hydrogen-bond donors (Lipinski definition) is 1. The Morgan fingerprint density at radius 1 is 1.12 bits per heavy atom. The van der Waals surface area contributed by atoms with Crippen molar-refractivity contribution in [1.29, 1.82) is 0 Å². The maximum atomic E-state index is 13.0. The molecule has 2 atom stereocenters. The van der Waals surface area contributed by atoms with Crippen molar-refractivity contribution < 1.29 is 19.4 Å². The van der Waals surface area contributed by atoms with Crippen LogP contribution in [0, 0.1) is 5.92 Å². The van der Waals surface area contributed by atoms with E-state index in [4.69, 9.17) is 9.47 Å². The maximum absolute atomic E-state index is 13.0. The van der Waals surface area contributed by atoms with Crippen molar-refractivity contribution in [2.45, 2.75) is 32.0 Å². The Morgan fingerprint density at radius 3 is 2.38 bits per heavy atom. The largest absolute Gasteiger partial charge is 0.471 e. The van der Waals surface area contributed by atoms with Gasteiger partial charge in [0.05, 0.1) is 6.61 Å². The van der Waals surface area contributed by atoms with E-state index < -0.39 is 17.2 Å². The lowest BCUT2D eigenvalue weighted by molar-refractivity contribution is -0.187. The number of ether oxygens (including phenoxy) is 2. The SMILES string of the molecule is CCOC(=O)C1(C(C)C)Oc2ccccc2C1(O)c1ccccc1. The Labute approximate surface area is 142 Å². The molecule has 3 rings (SSSR count). The fourth-order valence-corrected chi connectivity index (χ4v) is 3.55. The second kappa shape index (κ2) is 5.95. The van der Waals surface area contributed by atoms with E-state index in [0.717, 1.165) is 0 Å². The Balaban J connectivity index is 2.31. The fourth-order valence-electron chi connectivity index (χ4n) is 3.55. The van der Waals surface area contributed by atoms with Crippen LogP contribution in [0.15, 0.2) is 54.6 Å². The van der Waals surface area contributed by atoms with Gasteiger partial charge in [-0.15, -0.1) is 0 Å². The number of esters is 1. The highest BCUT2D eigenvalue weighted by Gasteiger charge is 2.67. The first-order chi connectivity index (χ1) is 11.5. The van der Waals surface area contributed by atoms with Crippen LogP contribution in [0.25, 0.3) is 0 Å². The lowest BCUT2D eigenvalue weighted by Crippen LogP contribution is -2.62. The number of para-hydroxylation sites is 1. The predicted molar refractivity (Wildman–Crippen MR) is 90.7 cm³/mol. The van der Waals surface area contributed by atoms with Crippen LogP contribution in [-0.2, 0) is 15.1 Å². The minimum absolute atomic E-state index is 0.220. The smallest absolute Gasteiger partial charge is 0.354 e. The quantitative estimate of drug-likeness (QED) is 0.876. The van der Waals surface area contributed by atoms with Crippen molar-refractivity contribution in [1.82, 2.24) is 0 Å². The third-order valence-corrected chi connectivity index (χ3v) is 4.67. The zero-order chi connectivity index (χ0) is 17.4. The average molecular weight is 326 g/mol. The summed E-state index contributed by atoms with van der Waals surface area (Å²) in [5, 5.41) is 11.9. The maximum Gasteiger partial charge on any atom is 0.354 e. The number of benzene rings is 2. The van der Waals surface area contributed by atoms with Gasteiger partial charge >= 0.3 is 5.97 Å². The number of carbonyl (C=O) groups is 1. The van der Waals surface area contributed by atoms with Gasteiger partial charge in [0, 0.05) is 11.5 Å². The molecule has 4 nitrogen and oxygen atoms in total. The second-order valence-corrected chi connectivity index (χ2v) is 6.29. The lowest BCUT2D eigenvalue weighted by atomic mass is 9.69. The summed E-state index contributed by atoms with van der Waals surface area (Å²) in [5.41, 5.74) is -1.96. The molecule has 0 spiro atoms. The van der Waals surface area contributed by atoms with Gasteiger partial charge in [0.15, 0.2) is 5.60 Å². The summed E-state index contributed by atoms with van der Waals surface area (Å²) >= 11 is 0. The van der Waals surface area contributed by atoms with E-state index in [1.54, 1.807) is 19.1 Å². The van der Waals surface area contributed by atoms with Gasteiger partial charge in [0.1, 0.15) is 5.75 Å². The first kappa shape index (κ1) is 16.5. The topological polar surface area (TPSA) is 55.8 Å². The molecule has 2 aromatic carbocycles. The molecule has 0 aliphatic carbocycles. The molecule has 0 radical (unpaired) electrons. The van der Waals surface area contributed by atoms with Crippen LogP contribution >= 0.6 is 0 Å². The predicted octanol–water partition coefficient (Wildman–Crippen LogP) is 3.27. The summed E-state index contributed by atoms with van der Waals surface area (Å²) in [6, 6.07) is 16.4. The molecule has 1 aliphatic heterocycles. The van der Waals surface area contributed by atoms with E-state index in [2.05, 4.69) is 0 Å². The van der Waals surface area contributed by atoms with Gasteiger partial charge in [0.25, 0.3) is 0 Å². The molecule has 2 aromatic rings. The van der Waals surface area contributed by atoms with Crippen LogP contribution < -0.4 is 4.74 Å². The minimum atomic E-state index is -1.62. The summed E-state index contributed by atoms with van der Waals surface area (Å²) in [5.74, 6) is -0.359. The summed E-state index contributed by atoms with van der Waals surface area (Å²) in [4.78, 5) is 13.0. The highest BCUT2D eigenvalue weighted by molar-refractivity contribution is 5.86. The molecule has 2 unspecified atom stereocenters. The molecule has 24 heavy (non-hydrogen) atoms. The summed E-state index contributed by atoms with van der Waals surface area (Å²) in [6.07, 6.45) is 0. The molecule has 1 heterocycles. The molecule has 4 heteroatoms. The van der Waals surface area contributed by atoms with Gasteiger partial charge in [-0.05, 0) is 18.6 Å². The number of aliphatic hydroxyl groups is 1. The van der Waals surface area contributed by atoms with Crippen molar-refractivity contribution in [3.8, 4) is 5.75 Å². The van der Waals surface area contributed by atoms with E-state index >= 15 is 0 Å². The van der Waals surface area contributed by atoms with Gasteiger partial charge in [-0.2, -0.15) is 0 Å². The van der Waals surface area contributed by atoms with Gasteiger partial charge in [-0.3, -0.25) is 0 Å². The van der Waals surface area contributed by atoms with Crippen molar-refractivity contribution in [2.75, 3.05) is 6.61 Å². The molecule has 0 bridgehead atoms. The first-order valence-corrected chi connectivity index (χ1v) is 8.22.